The van der Waals surface area contributed by atoms with E-state index in [1.807, 2.05) is 5.32 Å². The minimum absolute atomic E-state index is 0.431. The van der Waals surface area contributed by atoms with Crippen LogP contribution in [0.15, 0.2) is 36.4 Å². The van der Waals surface area contributed by atoms with Gasteiger partial charge in [-0.25, -0.2) is 22.4 Å². The summed E-state index contributed by atoms with van der Waals surface area (Å²) in [6.07, 6.45) is 0. The molecule has 0 heterocycles. The maximum absolute atomic E-state index is 13.3. The Labute approximate surface area is 127 Å². The zero-order valence-electron chi connectivity index (χ0n) is 11.4. The summed E-state index contributed by atoms with van der Waals surface area (Å²) in [4.78, 5) is 23.1. The summed E-state index contributed by atoms with van der Waals surface area (Å²) in [6, 6.07) is 4.61. The number of nitrogens with one attached hydrogen (secondary N) is 1. The van der Waals surface area contributed by atoms with Gasteiger partial charge in [-0.2, -0.15) is 0 Å². The van der Waals surface area contributed by atoms with E-state index in [-0.39, 0.29) is 0 Å². The van der Waals surface area contributed by atoms with Crippen molar-refractivity contribution in [2.24, 2.45) is 0 Å². The summed E-state index contributed by atoms with van der Waals surface area (Å²) >= 11 is 0. The highest BCUT2D eigenvalue weighted by molar-refractivity contribution is 5.95. The molecule has 0 radical (unpaired) electrons. The number of ether oxygens (including phenoxy) is 1. The van der Waals surface area contributed by atoms with Crippen molar-refractivity contribution in [1.82, 2.24) is 0 Å². The lowest BCUT2D eigenvalue weighted by molar-refractivity contribution is -0.119. The van der Waals surface area contributed by atoms with E-state index in [1.54, 1.807) is 0 Å². The highest BCUT2D eigenvalue weighted by atomic mass is 19.1. The molecule has 0 saturated heterocycles. The summed E-state index contributed by atoms with van der Waals surface area (Å²) in [7, 11) is 0. The quantitative estimate of drug-likeness (QED) is 0.694. The van der Waals surface area contributed by atoms with Gasteiger partial charge in [0.2, 0.25) is 0 Å². The number of hydrogen-bond acceptors (Lipinski definition) is 3. The third-order valence-electron chi connectivity index (χ3n) is 2.69. The Morgan fingerprint density at radius 2 is 1.57 bits per heavy atom. The van der Waals surface area contributed by atoms with Crippen LogP contribution in [0.5, 0.6) is 0 Å². The van der Waals surface area contributed by atoms with Crippen LogP contribution in [-0.4, -0.2) is 18.5 Å². The number of anilines is 1. The Bertz CT molecular complexity index is 764. The highest BCUT2D eigenvalue weighted by Gasteiger charge is 2.16. The number of esters is 1. The zero-order chi connectivity index (χ0) is 17.0. The molecule has 0 bridgehead atoms. The third-order valence-corrected chi connectivity index (χ3v) is 2.69. The van der Waals surface area contributed by atoms with E-state index in [2.05, 4.69) is 4.74 Å². The van der Waals surface area contributed by atoms with Gasteiger partial charge in [0.15, 0.2) is 6.61 Å². The number of hydrogen-bond donors (Lipinski definition) is 1. The molecule has 120 valence electrons. The lowest BCUT2D eigenvalue weighted by atomic mass is 10.2. The van der Waals surface area contributed by atoms with E-state index < -0.39 is 53.0 Å². The second-order valence-corrected chi connectivity index (χ2v) is 4.37. The van der Waals surface area contributed by atoms with Gasteiger partial charge in [0.1, 0.15) is 23.3 Å². The van der Waals surface area contributed by atoms with Crippen LogP contribution in [0.25, 0.3) is 0 Å². The fourth-order valence-electron chi connectivity index (χ4n) is 1.64. The molecule has 0 spiro atoms. The van der Waals surface area contributed by atoms with Crippen molar-refractivity contribution in [3.63, 3.8) is 0 Å². The number of amides is 1. The van der Waals surface area contributed by atoms with E-state index in [9.17, 15) is 27.2 Å². The van der Waals surface area contributed by atoms with Crippen LogP contribution >= 0.6 is 0 Å². The Kier molecular flexibility index (Phi) is 4.95. The van der Waals surface area contributed by atoms with Crippen LogP contribution in [0.3, 0.4) is 0 Å². The van der Waals surface area contributed by atoms with E-state index in [1.165, 1.54) is 0 Å². The summed E-state index contributed by atoms with van der Waals surface area (Å²) in [5, 5.41) is 2.00. The molecule has 0 aromatic heterocycles. The van der Waals surface area contributed by atoms with Crippen molar-refractivity contribution < 1.29 is 31.9 Å². The molecule has 0 atom stereocenters. The van der Waals surface area contributed by atoms with Gasteiger partial charge in [-0.3, -0.25) is 4.79 Å². The fraction of sp³-hybridized carbons (Fsp3) is 0.0667. The average Bonchev–Trinajstić information content (AvgIpc) is 2.48. The van der Waals surface area contributed by atoms with Crippen molar-refractivity contribution in [3.8, 4) is 0 Å². The van der Waals surface area contributed by atoms with Crippen LogP contribution in [0.4, 0.5) is 23.2 Å². The lowest BCUT2D eigenvalue weighted by Gasteiger charge is -2.08. The Hall–Kier alpha value is -2.90. The molecule has 0 saturated carbocycles. The molecule has 2 rings (SSSR count). The van der Waals surface area contributed by atoms with E-state index in [0.29, 0.717) is 6.07 Å². The molecule has 2 aromatic carbocycles. The number of carbonyl (C=O) groups excluding carboxylic acids is 2. The van der Waals surface area contributed by atoms with Crippen molar-refractivity contribution in [3.05, 3.63) is 65.2 Å². The van der Waals surface area contributed by atoms with Gasteiger partial charge in [0.25, 0.3) is 5.91 Å². The molecule has 2 aromatic rings. The van der Waals surface area contributed by atoms with Gasteiger partial charge in [-0.05, 0) is 24.3 Å². The molecule has 8 heteroatoms. The molecule has 0 unspecified atom stereocenters. The Balaban J connectivity index is 1.96. The molecule has 1 amide bonds. The van der Waals surface area contributed by atoms with E-state index in [0.717, 1.165) is 30.3 Å². The van der Waals surface area contributed by atoms with Crippen molar-refractivity contribution in [2.45, 2.75) is 0 Å². The Morgan fingerprint density at radius 3 is 2.26 bits per heavy atom. The third kappa shape index (κ3) is 4.29. The van der Waals surface area contributed by atoms with Crippen LogP contribution < -0.4 is 5.32 Å². The van der Waals surface area contributed by atoms with Crippen molar-refractivity contribution in [2.75, 3.05) is 11.9 Å². The summed E-state index contributed by atoms with van der Waals surface area (Å²) in [6.45, 7) is -0.856. The topological polar surface area (TPSA) is 55.4 Å². The molecule has 0 fully saturated rings. The SMILES string of the molecule is O=C(COC(=O)c1ccc(F)cc1F)Nc1cc(F)ccc1F. The van der Waals surface area contributed by atoms with Crippen LogP contribution in [-0.2, 0) is 9.53 Å². The first-order valence-electron chi connectivity index (χ1n) is 6.24. The molecular weight excluding hydrogens is 318 g/mol. The van der Waals surface area contributed by atoms with Gasteiger partial charge in [-0.1, -0.05) is 0 Å². The molecular formula is C15H9F4NO3. The van der Waals surface area contributed by atoms with Gasteiger partial charge < -0.3 is 10.1 Å². The normalized spacial score (nSPS) is 10.3. The smallest absolute Gasteiger partial charge is 0.341 e. The van der Waals surface area contributed by atoms with Gasteiger partial charge in [0.05, 0.1) is 11.3 Å². The zero-order valence-corrected chi connectivity index (χ0v) is 11.4. The summed E-state index contributed by atoms with van der Waals surface area (Å²) in [5.74, 6) is -5.82. The second kappa shape index (κ2) is 6.91. The predicted molar refractivity (Wildman–Crippen MR) is 71.6 cm³/mol. The van der Waals surface area contributed by atoms with Gasteiger partial charge >= 0.3 is 5.97 Å². The Morgan fingerprint density at radius 1 is 0.913 bits per heavy atom. The van der Waals surface area contributed by atoms with Gasteiger partial charge in [-0.15, -0.1) is 0 Å². The monoisotopic (exact) mass is 327 g/mol. The molecule has 4 nitrogen and oxygen atoms in total. The fourth-order valence-corrected chi connectivity index (χ4v) is 1.64. The predicted octanol–water partition coefficient (Wildman–Crippen LogP) is 3.04. The van der Waals surface area contributed by atoms with Crippen LogP contribution in [0.1, 0.15) is 10.4 Å². The molecule has 1 N–H and O–H groups in total. The second-order valence-electron chi connectivity index (χ2n) is 4.37. The van der Waals surface area contributed by atoms with Crippen molar-refractivity contribution in [1.29, 1.82) is 0 Å². The van der Waals surface area contributed by atoms with Gasteiger partial charge in [0, 0.05) is 12.1 Å². The maximum Gasteiger partial charge on any atom is 0.341 e. The van der Waals surface area contributed by atoms with E-state index in [4.69, 9.17) is 0 Å². The van der Waals surface area contributed by atoms with Crippen LogP contribution in [0.2, 0.25) is 0 Å². The average molecular weight is 327 g/mol. The lowest BCUT2D eigenvalue weighted by Crippen LogP contribution is -2.22. The number of benzene rings is 2. The maximum atomic E-state index is 13.3. The van der Waals surface area contributed by atoms with Crippen molar-refractivity contribution >= 4 is 17.6 Å². The minimum atomic E-state index is -1.20. The summed E-state index contributed by atoms with van der Waals surface area (Å²) < 4.78 is 56.8. The highest BCUT2D eigenvalue weighted by Crippen LogP contribution is 2.15. The molecule has 23 heavy (non-hydrogen) atoms. The molecule has 0 aliphatic rings. The van der Waals surface area contributed by atoms with E-state index >= 15 is 0 Å². The first kappa shape index (κ1) is 16.5. The first-order valence-corrected chi connectivity index (χ1v) is 6.24. The number of rotatable bonds is 4. The standard InChI is InChI=1S/C15H9F4NO3/c16-8-1-3-10(12(19)5-8)15(22)23-7-14(21)20-13-6-9(17)2-4-11(13)18/h1-6H,7H2,(H,20,21). The van der Waals surface area contributed by atoms with Crippen LogP contribution in [0, 0.1) is 23.3 Å². The molecule has 0 aliphatic carbocycles. The first-order chi connectivity index (χ1) is 10.9. The molecule has 0 aliphatic heterocycles. The number of halogens is 4. The summed E-state index contributed by atoms with van der Waals surface area (Å²) in [5.41, 5.74) is -0.991. The minimum Gasteiger partial charge on any atom is -0.452 e. The largest absolute Gasteiger partial charge is 0.452 e. The number of carbonyl (C=O) groups is 2.